The summed E-state index contributed by atoms with van der Waals surface area (Å²) in [6.07, 6.45) is 7.51. The molecule has 0 bridgehead atoms. The van der Waals surface area contributed by atoms with Crippen molar-refractivity contribution in [2.45, 2.75) is 32.2 Å². The number of rotatable bonds is 3. The summed E-state index contributed by atoms with van der Waals surface area (Å²) >= 11 is 0. The van der Waals surface area contributed by atoms with E-state index < -0.39 is 0 Å². The number of hydrogen-bond acceptors (Lipinski definition) is 3. The standard InChI is InChI=1S/C19H21N5O/c1-13-5-9-23(17(25)3-2-7-20)12-16(13)24-10-6-14-11-22-19-15(18(14)24)4-8-21-19/h4,6,8,10-11,13,16H,2-3,5,9,12H2,1H3,(H,21,22)/t13-,16+/m1/s1. The lowest BCUT2D eigenvalue weighted by molar-refractivity contribution is -0.133. The van der Waals surface area contributed by atoms with Crippen molar-refractivity contribution in [2.75, 3.05) is 13.1 Å². The molecule has 3 aromatic heterocycles. The maximum Gasteiger partial charge on any atom is 0.223 e. The summed E-state index contributed by atoms with van der Waals surface area (Å²) in [5.74, 6) is 0.571. The molecule has 0 aliphatic carbocycles. The number of nitrogens with one attached hydrogen (secondary N) is 1. The molecule has 0 unspecified atom stereocenters. The van der Waals surface area contributed by atoms with Crippen molar-refractivity contribution in [3.8, 4) is 6.07 Å². The van der Waals surface area contributed by atoms with Gasteiger partial charge in [-0.15, -0.1) is 0 Å². The van der Waals surface area contributed by atoms with Gasteiger partial charge in [0.15, 0.2) is 0 Å². The lowest BCUT2D eigenvalue weighted by Gasteiger charge is -2.38. The van der Waals surface area contributed by atoms with E-state index >= 15 is 0 Å². The number of nitriles is 1. The third-order valence-corrected chi connectivity index (χ3v) is 5.34. The van der Waals surface area contributed by atoms with Crippen LogP contribution in [0.3, 0.4) is 0 Å². The van der Waals surface area contributed by atoms with E-state index in [4.69, 9.17) is 5.26 Å². The van der Waals surface area contributed by atoms with Crippen molar-refractivity contribution in [1.82, 2.24) is 19.4 Å². The van der Waals surface area contributed by atoms with E-state index in [1.54, 1.807) is 0 Å². The number of fused-ring (bicyclic) bond motifs is 3. The fourth-order valence-corrected chi connectivity index (χ4v) is 3.89. The topological polar surface area (TPSA) is 77.7 Å². The van der Waals surface area contributed by atoms with Crippen LogP contribution in [0.5, 0.6) is 0 Å². The van der Waals surface area contributed by atoms with Crippen molar-refractivity contribution in [1.29, 1.82) is 5.26 Å². The number of aromatic nitrogens is 3. The second kappa shape index (κ2) is 6.25. The van der Waals surface area contributed by atoms with E-state index in [1.165, 1.54) is 5.52 Å². The van der Waals surface area contributed by atoms with Crippen LogP contribution in [-0.4, -0.2) is 38.4 Å². The summed E-state index contributed by atoms with van der Waals surface area (Å²) in [4.78, 5) is 21.9. The Kier molecular flexibility index (Phi) is 3.92. The predicted octanol–water partition coefficient (Wildman–Crippen LogP) is 3.23. The van der Waals surface area contributed by atoms with Gasteiger partial charge in [0.2, 0.25) is 5.91 Å². The van der Waals surface area contributed by atoms with Crippen molar-refractivity contribution in [3.05, 3.63) is 30.7 Å². The zero-order chi connectivity index (χ0) is 17.4. The van der Waals surface area contributed by atoms with Gasteiger partial charge in [0.1, 0.15) is 5.65 Å². The Morgan fingerprint density at radius 2 is 2.36 bits per heavy atom. The summed E-state index contributed by atoms with van der Waals surface area (Å²) in [5, 5.41) is 11.0. The Labute approximate surface area is 146 Å². The number of H-pyrrole nitrogens is 1. The van der Waals surface area contributed by atoms with Gasteiger partial charge in [-0.25, -0.2) is 4.98 Å². The lowest BCUT2D eigenvalue weighted by atomic mass is 9.92. The van der Waals surface area contributed by atoms with Gasteiger partial charge >= 0.3 is 0 Å². The van der Waals surface area contributed by atoms with E-state index in [2.05, 4.69) is 45.9 Å². The fraction of sp³-hybridized carbons (Fsp3) is 0.421. The van der Waals surface area contributed by atoms with Crippen LogP contribution in [0.25, 0.3) is 21.9 Å². The molecular weight excluding hydrogens is 314 g/mol. The average Bonchev–Trinajstić information content (AvgIpc) is 3.25. The molecule has 6 nitrogen and oxygen atoms in total. The Hall–Kier alpha value is -2.81. The second-order valence-corrected chi connectivity index (χ2v) is 6.86. The van der Waals surface area contributed by atoms with Crippen LogP contribution in [0.2, 0.25) is 0 Å². The van der Waals surface area contributed by atoms with Crippen molar-refractivity contribution in [2.24, 2.45) is 5.92 Å². The number of pyridine rings is 1. The number of piperidine rings is 1. The number of nitrogens with zero attached hydrogens (tertiary/aromatic N) is 4. The molecule has 0 aromatic carbocycles. The molecule has 3 aromatic rings. The first-order valence-corrected chi connectivity index (χ1v) is 8.76. The maximum atomic E-state index is 12.4. The summed E-state index contributed by atoms with van der Waals surface area (Å²) in [7, 11) is 0. The largest absolute Gasteiger partial charge is 0.346 e. The van der Waals surface area contributed by atoms with Crippen LogP contribution < -0.4 is 0 Å². The summed E-state index contributed by atoms with van der Waals surface area (Å²) < 4.78 is 2.31. The molecule has 4 rings (SSSR count). The lowest BCUT2D eigenvalue weighted by Crippen LogP contribution is -2.43. The molecule has 4 heterocycles. The zero-order valence-electron chi connectivity index (χ0n) is 14.3. The Morgan fingerprint density at radius 3 is 3.20 bits per heavy atom. The summed E-state index contributed by atoms with van der Waals surface area (Å²) in [6.45, 7) is 3.73. The SMILES string of the molecule is C[C@@H]1CCN(C(=O)CCC#N)C[C@@H]1n1ccc2cnc3[nH]ccc3c21. The minimum Gasteiger partial charge on any atom is -0.346 e. The van der Waals surface area contributed by atoms with Crippen molar-refractivity contribution in [3.63, 3.8) is 0 Å². The van der Waals surface area contributed by atoms with Gasteiger partial charge in [-0.2, -0.15) is 5.26 Å². The minimum atomic E-state index is 0.0865. The van der Waals surface area contributed by atoms with Gasteiger partial charge in [-0.05, 0) is 24.5 Å². The molecular formula is C19H21N5O. The van der Waals surface area contributed by atoms with Gasteiger partial charge in [0.25, 0.3) is 0 Å². The smallest absolute Gasteiger partial charge is 0.223 e. The molecule has 1 aliphatic rings. The molecule has 0 saturated carbocycles. The van der Waals surface area contributed by atoms with Crippen LogP contribution in [0, 0.1) is 17.2 Å². The fourth-order valence-electron chi connectivity index (χ4n) is 3.89. The molecule has 1 fully saturated rings. The van der Waals surface area contributed by atoms with Gasteiger partial charge in [0.05, 0.1) is 17.6 Å². The molecule has 2 atom stereocenters. The number of likely N-dealkylation sites (tertiary alicyclic amines) is 1. The van der Waals surface area contributed by atoms with Gasteiger partial charge in [0, 0.05) is 55.3 Å². The third kappa shape index (κ3) is 2.66. The van der Waals surface area contributed by atoms with E-state index in [9.17, 15) is 4.79 Å². The Balaban J connectivity index is 1.70. The molecule has 6 heteroatoms. The number of amides is 1. The second-order valence-electron chi connectivity index (χ2n) is 6.86. The molecule has 1 N–H and O–H groups in total. The first kappa shape index (κ1) is 15.7. The van der Waals surface area contributed by atoms with Gasteiger partial charge in [-0.3, -0.25) is 4.79 Å². The molecule has 1 saturated heterocycles. The normalized spacial score (nSPS) is 20.9. The highest BCUT2D eigenvalue weighted by Crippen LogP contribution is 2.33. The van der Waals surface area contributed by atoms with Gasteiger partial charge < -0.3 is 14.5 Å². The summed E-state index contributed by atoms with van der Waals surface area (Å²) in [5.41, 5.74) is 2.06. The van der Waals surface area contributed by atoms with Gasteiger partial charge in [-0.1, -0.05) is 6.92 Å². The van der Waals surface area contributed by atoms with Crippen LogP contribution in [0.4, 0.5) is 0 Å². The van der Waals surface area contributed by atoms with Crippen LogP contribution in [0.1, 0.15) is 32.2 Å². The van der Waals surface area contributed by atoms with E-state index in [0.29, 0.717) is 18.9 Å². The van der Waals surface area contributed by atoms with E-state index in [0.717, 1.165) is 29.4 Å². The molecule has 1 amide bonds. The molecule has 0 radical (unpaired) electrons. The van der Waals surface area contributed by atoms with Crippen LogP contribution in [-0.2, 0) is 4.79 Å². The highest BCUT2D eigenvalue weighted by atomic mass is 16.2. The zero-order valence-corrected chi connectivity index (χ0v) is 14.3. The minimum absolute atomic E-state index is 0.0865. The Morgan fingerprint density at radius 1 is 1.48 bits per heavy atom. The maximum absolute atomic E-state index is 12.4. The molecule has 25 heavy (non-hydrogen) atoms. The molecule has 1 aliphatic heterocycles. The highest BCUT2D eigenvalue weighted by molar-refractivity contribution is 6.02. The summed E-state index contributed by atoms with van der Waals surface area (Å²) in [6, 6.07) is 6.45. The first-order valence-electron chi connectivity index (χ1n) is 8.76. The average molecular weight is 335 g/mol. The van der Waals surface area contributed by atoms with Crippen LogP contribution in [0.15, 0.2) is 30.7 Å². The quantitative estimate of drug-likeness (QED) is 0.798. The third-order valence-electron chi connectivity index (χ3n) is 5.34. The number of hydrogen-bond donors (Lipinski definition) is 1. The number of carbonyl (C=O) groups is 1. The monoisotopic (exact) mass is 335 g/mol. The van der Waals surface area contributed by atoms with Crippen LogP contribution >= 0.6 is 0 Å². The molecule has 128 valence electrons. The first-order chi connectivity index (χ1) is 12.2. The Bertz CT molecular complexity index is 963. The molecule has 0 spiro atoms. The van der Waals surface area contributed by atoms with Crippen molar-refractivity contribution >= 4 is 27.8 Å². The number of carbonyl (C=O) groups excluding carboxylic acids is 1. The van der Waals surface area contributed by atoms with Crippen molar-refractivity contribution < 1.29 is 4.79 Å². The predicted molar refractivity (Wildman–Crippen MR) is 95.8 cm³/mol. The van der Waals surface area contributed by atoms with E-state index in [1.807, 2.05) is 17.3 Å². The number of aromatic amines is 1. The highest BCUT2D eigenvalue weighted by Gasteiger charge is 2.30. The van der Waals surface area contributed by atoms with E-state index in [-0.39, 0.29) is 18.4 Å².